The molecule has 3 aliphatic rings. The van der Waals surface area contributed by atoms with Crippen molar-refractivity contribution in [2.45, 2.75) is 65.5 Å². The molecule has 166 valence electrons. The number of nitrogens with zero attached hydrogens (tertiary/aromatic N) is 4. The molecule has 0 saturated carbocycles. The molecular weight excluding hydrogens is 398 g/mol. The van der Waals surface area contributed by atoms with E-state index in [2.05, 4.69) is 79.5 Å². The first-order valence-corrected chi connectivity index (χ1v) is 11.4. The fourth-order valence-electron chi connectivity index (χ4n) is 6.02. The Labute approximate surface area is 189 Å². The predicted molar refractivity (Wildman–Crippen MR) is 125 cm³/mol. The minimum Gasteiger partial charge on any atom is -0.362 e. The zero-order valence-electron chi connectivity index (χ0n) is 19.8. The van der Waals surface area contributed by atoms with Crippen molar-refractivity contribution in [1.82, 2.24) is 15.1 Å². The third-order valence-corrected chi connectivity index (χ3v) is 7.46. The maximum absolute atomic E-state index is 13.6. The Hall–Kier alpha value is -3.02. The zero-order chi connectivity index (χ0) is 22.8. The second-order valence-electron chi connectivity index (χ2n) is 10.2. The van der Waals surface area contributed by atoms with E-state index in [1.807, 2.05) is 17.9 Å². The molecule has 32 heavy (non-hydrogen) atoms. The highest BCUT2D eigenvalue weighted by atomic mass is 16.1. The largest absolute Gasteiger partial charge is 0.362 e. The molecule has 0 bridgehead atoms. The van der Waals surface area contributed by atoms with Gasteiger partial charge in [0.05, 0.1) is 17.3 Å². The maximum Gasteiger partial charge on any atom is 0.164 e. The third kappa shape index (κ3) is 2.85. The van der Waals surface area contributed by atoms with Crippen molar-refractivity contribution in [1.29, 1.82) is 0 Å². The van der Waals surface area contributed by atoms with Crippen molar-refractivity contribution in [2.75, 3.05) is 0 Å². The molecule has 1 aliphatic carbocycles. The number of aryl methyl sites for hydroxylation is 2. The van der Waals surface area contributed by atoms with Gasteiger partial charge in [-0.15, -0.1) is 0 Å². The van der Waals surface area contributed by atoms with E-state index < -0.39 is 5.41 Å². The van der Waals surface area contributed by atoms with Crippen LogP contribution in [0.15, 0.2) is 57.5 Å². The van der Waals surface area contributed by atoms with Crippen LogP contribution in [0.25, 0.3) is 11.1 Å². The summed E-state index contributed by atoms with van der Waals surface area (Å²) < 4.78 is 1.93. The van der Waals surface area contributed by atoms with Gasteiger partial charge in [0.2, 0.25) is 0 Å². The molecule has 0 saturated heterocycles. The predicted octanol–water partition coefficient (Wildman–Crippen LogP) is 5.27. The molecule has 0 radical (unpaired) electrons. The molecule has 1 aromatic heterocycles. The maximum atomic E-state index is 13.6. The van der Waals surface area contributed by atoms with E-state index >= 15 is 0 Å². The van der Waals surface area contributed by atoms with Gasteiger partial charge in [-0.25, -0.2) is 0 Å². The lowest BCUT2D eigenvalue weighted by molar-refractivity contribution is -0.119. The van der Waals surface area contributed by atoms with Gasteiger partial charge in [0, 0.05) is 41.6 Å². The van der Waals surface area contributed by atoms with Crippen LogP contribution in [-0.4, -0.2) is 21.7 Å². The summed E-state index contributed by atoms with van der Waals surface area (Å²) in [7, 11) is 1.98. The number of ketones is 1. The molecule has 1 unspecified atom stereocenters. The van der Waals surface area contributed by atoms with Gasteiger partial charge in [0.15, 0.2) is 11.9 Å². The van der Waals surface area contributed by atoms with E-state index in [1.54, 1.807) is 0 Å². The molecule has 0 spiro atoms. The van der Waals surface area contributed by atoms with Crippen molar-refractivity contribution < 1.29 is 4.79 Å². The standard InChI is InChI=1S/C26H31N5O/c1-7-26(18-10-8-9-17(11-18)22-15(2)30-31(6)16(22)3)19-14-27-29-24(19)28-20-12-25(4,5)13-21(32)23(20)26/h8-11,14,24,28H,7,12-13H2,1-6H3/t24?,26-/m0/s1. The topological polar surface area (TPSA) is 71.6 Å². The first-order valence-electron chi connectivity index (χ1n) is 11.4. The van der Waals surface area contributed by atoms with Crippen LogP contribution in [0.4, 0.5) is 0 Å². The molecule has 2 atom stereocenters. The number of carbonyl (C=O) groups excluding carboxylic acids is 1. The second kappa shape index (κ2) is 6.99. The minimum atomic E-state index is -0.525. The van der Waals surface area contributed by atoms with Gasteiger partial charge >= 0.3 is 0 Å². The molecule has 6 nitrogen and oxygen atoms in total. The molecule has 2 aliphatic heterocycles. The van der Waals surface area contributed by atoms with Crippen molar-refractivity contribution >= 4 is 5.78 Å². The van der Waals surface area contributed by atoms with Crippen LogP contribution >= 0.6 is 0 Å². The Kier molecular flexibility index (Phi) is 4.56. The SMILES string of the molecule is CC[C@]1(c2cccc(-c3c(C)nn(C)c3C)c2)C2=CN=NC2NC2=C1C(=O)CC(C)(C)C2. The number of allylic oxidation sites excluding steroid dienone is 2. The summed E-state index contributed by atoms with van der Waals surface area (Å²) in [5, 5.41) is 16.9. The van der Waals surface area contributed by atoms with Crippen LogP contribution in [0, 0.1) is 19.3 Å². The lowest BCUT2D eigenvalue weighted by Crippen LogP contribution is -2.51. The summed E-state index contributed by atoms with van der Waals surface area (Å²) in [4.78, 5) is 13.6. The Morgan fingerprint density at radius 3 is 2.69 bits per heavy atom. The second-order valence-corrected chi connectivity index (χ2v) is 10.2. The van der Waals surface area contributed by atoms with E-state index in [0.29, 0.717) is 6.42 Å². The number of fused-ring (bicyclic) bond motifs is 1. The summed E-state index contributed by atoms with van der Waals surface area (Å²) in [6, 6.07) is 8.65. The number of rotatable bonds is 3. The summed E-state index contributed by atoms with van der Waals surface area (Å²) in [5.74, 6) is 0.232. The van der Waals surface area contributed by atoms with Crippen LogP contribution in [0.1, 0.15) is 57.0 Å². The van der Waals surface area contributed by atoms with Crippen LogP contribution in [0.2, 0.25) is 0 Å². The van der Waals surface area contributed by atoms with Gasteiger partial charge in [-0.2, -0.15) is 15.3 Å². The quantitative estimate of drug-likeness (QED) is 0.722. The normalized spacial score (nSPS) is 26.0. The van der Waals surface area contributed by atoms with Crippen molar-refractivity contribution in [3.8, 4) is 11.1 Å². The molecule has 1 N–H and O–H groups in total. The minimum absolute atomic E-state index is 0.0643. The van der Waals surface area contributed by atoms with Gasteiger partial charge < -0.3 is 5.32 Å². The number of carbonyl (C=O) groups is 1. The van der Waals surface area contributed by atoms with Gasteiger partial charge in [-0.3, -0.25) is 9.48 Å². The highest BCUT2D eigenvalue weighted by molar-refractivity contribution is 6.01. The van der Waals surface area contributed by atoms with E-state index in [0.717, 1.165) is 57.8 Å². The first-order chi connectivity index (χ1) is 15.2. The molecule has 6 heteroatoms. The molecule has 5 rings (SSSR count). The number of nitrogens with one attached hydrogen (secondary N) is 1. The fraction of sp³-hybridized carbons (Fsp3) is 0.462. The highest BCUT2D eigenvalue weighted by Crippen LogP contribution is 2.54. The van der Waals surface area contributed by atoms with E-state index in [1.165, 1.54) is 0 Å². The monoisotopic (exact) mass is 429 g/mol. The summed E-state index contributed by atoms with van der Waals surface area (Å²) in [5.41, 5.74) is 7.99. The van der Waals surface area contributed by atoms with Crippen molar-refractivity contribution in [2.24, 2.45) is 22.7 Å². The summed E-state index contributed by atoms with van der Waals surface area (Å²) in [6.07, 6.45) is 3.84. The number of azo groups is 1. The lowest BCUT2D eigenvalue weighted by Gasteiger charge is -2.47. The molecule has 0 fully saturated rings. The Bertz CT molecular complexity index is 1230. The first kappa shape index (κ1) is 20.9. The number of hydrogen-bond acceptors (Lipinski definition) is 5. The summed E-state index contributed by atoms with van der Waals surface area (Å²) in [6.45, 7) is 10.7. The Morgan fingerprint density at radius 2 is 2.00 bits per heavy atom. The third-order valence-electron chi connectivity index (χ3n) is 7.46. The van der Waals surface area contributed by atoms with Gasteiger partial charge in [0.1, 0.15) is 0 Å². The molecule has 3 heterocycles. The van der Waals surface area contributed by atoms with Gasteiger partial charge in [-0.05, 0) is 49.3 Å². The molecule has 0 amide bonds. The van der Waals surface area contributed by atoms with E-state index in [4.69, 9.17) is 0 Å². The Balaban J connectivity index is 1.75. The average Bonchev–Trinajstić information content (AvgIpc) is 3.29. The fourth-order valence-corrected chi connectivity index (χ4v) is 6.02. The van der Waals surface area contributed by atoms with Gasteiger partial charge in [0.25, 0.3) is 0 Å². The zero-order valence-corrected chi connectivity index (χ0v) is 19.8. The summed E-state index contributed by atoms with van der Waals surface area (Å²) >= 11 is 0. The van der Waals surface area contributed by atoms with Crippen LogP contribution in [0.5, 0.6) is 0 Å². The number of benzene rings is 1. The lowest BCUT2D eigenvalue weighted by atomic mass is 9.58. The number of hydrogen-bond donors (Lipinski definition) is 1. The van der Waals surface area contributed by atoms with E-state index in [-0.39, 0.29) is 17.4 Å². The molecular formula is C26H31N5O. The highest BCUT2D eigenvalue weighted by Gasteiger charge is 2.53. The smallest absolute Gasteiger partial charge is 0.164 e. The molecule has 2 aromatic rings. The molecule has 1 aromatic carbocycles. The van der Waals surface area contributed by atoms with Crippen LogP contribution < -0.4 is 5.32 Å². The number of Topliss-reactive ketones (excluding diaryl/α,β-unsaturated/α-hetero) is 1. The van der Waals surface area contributed by atoms with Gasteiger partial charge in [-0.1, -0.05) is 39.0 Å². The van der Waals surface area contributed by atoms with Crippen LogP contribution in [0.3, 0.4) is 0 Å². The van der Waals surface area contributed by atoms with Crippen LogP contribution in [-0.2, 0) is 17.3 Å². The van der Waals surface area contributed by atoms with Crippen molar-refractivity contribution in [3.63, 3.8) is 0 Å². The average molecular weight is 430 g/mol. The van der Waals surface area contributed by atoms with Crippen molar-refractivity contribution in [3.05, 3.63) is 64.3 Å². The Morgan fingerprint density at radius 1 is 1.22 bits per heavy atom. The van der Waals surface area contributed by atoms with E-state index in [9.17, 15) is 4.79 Å². The number of aromatic nitrogens is 2.